The smallest absolute Gasteiger partial charge is 0.0329 e. The molecule has 2 heteroatoms. The summed E-state index contributed by atoms with van der Waals surface area (Å²) in [6, 6.07) is 0. The van der Waals surface area contributed by atoms with Crippen LogP contribution in [0.1, 0.15) is 59.3 Å². The fraction of sp³-hybridized carbons (Fsp3) is 1.00. The third-order valence-corrected chi connectivity index (χ3v) is 4.76. The van der Waals surface area contributed by atoms with Gasteiger partial charge in [-0.15, -0.1) is 0 Å². The minimum absolute atomic E-state index is 0.300. The van der Waals surface area contributed by atoms with Gasteiger partial charge in [0, 0.05) is 18.6 Å². The van der Waals surface area contributed by atoms with Crippen molar-refractivity contribution in [2.45, 2.75) is 64.8 Å². The molecule has 1 unspecified atom stereocenters. The maximum absolute atomic E-state index is 6.09. The van der Waals surface area contributed by atoms with Gasteiger partial charge in [-0.05, 0) is 51.0 Å². The van der Waals surface area contributed by atoms with E-state index in [2.05, 4.69) is 32.7 Å². The molecule has 0 heterocycles. The molecule has 2 N–H and O–H groups in total. The highest BCUT2D eigenvalue weighted by molar-refractivity contribution is 4.94. The number of hydrogen-bond acceptors (Lipinski definition) is 2. The first kappa shape index (κ1) is 15.0. The zero-order valence-corrected chi connectivity index (χ0v) is 12.3. The molecule has 17 heavy (non-hydrogen) atoms. The average molecular weight is 240 g/mol. The molecule has 0 amide bonds. The van der Waals surface area contributed by atoms with E-state index in [9.17, 15) is 0 Å². The summed E-state index contributed by atoms with van der Waals surface area (Å²) in [5.74, 6) is 1.70. The van der Waals surface area contributed by atoms with Gasteiger partial charge in [0.25, 0.3) is 0 Å². The van der Waals surface area contributed by atoms with Crippen molar-refractivity contribution in [2.75, 3.05) is 20.1 Å². The van der Waals surface area contributed by atoms with Crippen LogP contribution in [0.25, 0.3) is 0 Å². The van der Waals surface area contributed by atoms with Crippen LogP contribution in [0.5, 0.6) is 0 Å². The third kappa shape index (κ3) is 3.96. The van der Waals surface area contributed by atoms with Gasteiger partial charge in [0.15, 0.2) is 0 Å². The molecule has 1 rings (SSSR count). The fourth-order valence-electron chi connectivity index (χ4n) is 3.29. The van der Waals surface area contributed by atoms with Gasteiger partial charge in [0.05, 0.1) is 0 Å². The number of likely N-dealkylation sites (N-methyl/N-ethyl adjacent to an activating group) is 1. The second-order valence-corrected chi connectivity index (χ2v) is 6.39. The van der Waals surface area contributed by atoms with Crippen molar-refractivity contribution in [3.8, 4) is 0 Å². The molecule has 0 spiro atoms. The Labute approximate surface area is 108 Å². The minimum atomic E-state index is 0.300. The molecule has 1 atom stereocenters. The van der Waals surface area contributed by atoms with E-state index in [0.717, 1.165) is 18.4 Å². The molecular formula is C15H32N2. The van der Waals surface area contributed by atoms with Crippen LogP contribution in [0.15, 0.2) is 0 Å². The zero-order chi connectivity index (χ0) is 12.9. The maximum atomic E-state index is 6.09. The highest BCUT2D eigenvalue weighted by atomic mass is 15.2. The van der Waals surface area contributed by atoms with Gasteiger partial charge in [0.2, 0.25) is 0 Å². The molecule has 0 bridgehead atoms. The summed E-state index contributed by atoms with van der Waals surface area (Å²) >= 11 is 0. The Bertz CT molecular complexity index is 207. The second kappa shape index (κ2) is 6.75. The fourth-order valence-corrected chi connectivity index (χ4v) is 3.29. The molecule has 0 aromatic rings. The first-order valence-corrected chi connectivity index (χ1v) is 7.45. The lowest BCUT2D eigenvalue weighted by atomic mass is 9.76. The summed E-state index contributed by atoms with van der Waals surface area (Å²) in [5.41, 5.74) is 6.39. The Balaban J connectivity index is 2.53. The van der Waals surface area contributed by atoms with Crippen LogP contribution < -0.4 is 5.73 Å². The summed E-state index contributed by atoms with van der Waals surface area (Å²) in [7, 11) is 2.29. The molecular weight excluding hydrogens is 208 g/mol. The van der Waals surface area contributed by atoms with Gasteiger partial charge in [-0.3, -0.25) is 4.90 Å². The summed E-state index contributed by atoms with van der Waals surface area (Å²) in [6.07, 6.45) is 7.91. The second-order valence-electron chi connectivity index (χ2n) is 6.39. The van der Waals surface area contributed by atoms with E-state index >= 15 is 0 Å². The molecule has 1 saturated carbocycles. The summed E-state index contributed by atoms with van der Waals surface area (Å²) in [6.45, 7) is 9.06. The number of nitrogens with two attached hydrogens (primary N) is 1. The van der Waals surface area contributed by atoms with Crippen LogP contribution >= 0.6 is 0 Å². The Morgan fingerprint density at radius 2 is 1.94 bits per heavy atom. The van der Waals surface area contributed by atoms with Crippen molar-refractivity contribution in [3.05, 3.63) is 0 Å². The van der Waals surface area contributed by atoms with Gasteiger partial charge in [0.1, 0.15) is 0 Å². The molecule has 102 valence electrons. The van der Waals surface area contributed by atoms with Crippen LogP contribution in [0.4, 0.5) is 0 Å². The summed E-state index contributed by atoms with van der Waals surface area (Å²) in [5, 5.41) is 0. The van der Waals surface area contributed by atoms with E-state index in [1.165, 1.54) is 45.1 Å². The lowest BCUT2D eigenvalue weighted by Gasteiger charge is -2.46. The van der Waals surface area contributed by atoms with Crippen LogP contribution in [-0.2, 0) is 0 Å². The van der Waals surface area contributed by atoms with Crippen LogP contribution in [0, 0.1) is 11.8 Å². The predicted octanol–water partition coefficient (Wildman–Crippen LogP) is 3.26. The van der Waals surface area contributed by atoms with Crippen molar-refractivity contribution in [1.82, 2.24) is 4.90 Å². The molecule has 1 aliphatic carbocycles. The van der Waals surface area contributed by atoms with E-state index in [0.29, 0.717) is 5.54 Å². The normalized spacial score (nSPS) is 31.8. The minimum Gasteiger partial charge on any atom is -0.329 e. The molecule has 2 nitrogen and oxygen atoms in total. The predicted molar refractivity (Wildman–Crippen MR) is 76.1 cm³/mol. The highest BCUT2D eigenvalue weighted by Gasteiger charge is 2.36. The molecule has 0 radical (unpaired) electrons. The van der Waals surface area contributed by atoms with Gasteiger partial charge < -0.3 is 5.73 Å². The lowest BCUT2D eigenvalue weighted by Crippen LogP contribution is -2.55. The summed E-state index contributed by atoms with van der Waals surface area (Å²) < 4.78 is 0. The molecule has 1 aliphatic rings. The number of hydrogen-bond donors (Lipinski definition) is 1. The van der Waals surface area contributed by atoms with E-state index in [4.69, 9.17) is 5.73 Å². The Kier molecular flexibility index (Phi) is 5.94. The molecule has 1 fully saturated rings. The standard InChI is InChI=1S/C15H32N2/c1-5-6-14(3)11-17(4)15(12-16)9-7-13(2)8-10-15/h13-14H,5-12,16H2,1-4H3. The largest absolute Gasteiger partial charge is 0.329 e. The number of nitrogens with zero attached hydrogens (tertiary/aromatic N) is 1. The van der Waals surface area contributed by atoms with Crippen LogP contribution in [-0.4, -0.2) is 30.6 Å². The van der Waals surface area contributed by atoms with Crippen LogP contribution in [0.3, 0.4) is 0 Å². The van der Waals surface area contributed by atoms with Crippen LogP contribution in [0.2, 0.25) is 0 Å². The molecule has 0 aliphatic heterocycles. The first-order valence-electron chi connectivity index (χ1n) is 7.45. The van der Waals surface area contributed by atoms with Gasteiger partial charge in [-0.25, -0.2) is 0 Å². The maximum Gasteiger partial charge on any atom is 0.0329 e. The SMILES string of the molecule is CCCC(C)CN(C)C1(CN)CCC(C)CC1. The van der Waals surface area contributed by atoms with Crippen molar-refractivity contribution in [2.24, 2.45) is 17.6 Å². The summed E-state index contributed by atoms with van der Waals surface area (Å²) in [4.78, 5) is 2.57. The van der Waals surface area contributed by atoms with E-state index in [1.807, 2.05) is 0 Å². The van der Waals surface area contributed by atoms with Gasteiger partial charge in [-0.1, -0.05) is 27.2 Å². The topological polar surface area (TPSA) is 29.3 Å². The van der Waals surface area contributed by atoms with Crippen molar-refractivity contribution in [1.29, 1.82) is 0 Å². The monoisotopic (exact) mass is 240 g/mol. The first-order chi connectivity index (χ1) is 8.04. The van der Waals surface area contributed by atoms with Crippen molar-refractivity contribution in [3.63, 3.8) is 0 Å². The van der Waals surface area contributed by atoms with E-state index in [1.54, 1.807) is 0 Å². The van der Waals surface area contributed by atoms with E-state index in [-0.39, 0.29) is 0 Å². The quantitative estimate of drug-likeness (QED) is 0.772. The average Bonchev–Trinajstić information content (AvgIpc) is 2.30. The Morgan fingerprint density at radius 3 is 2.41 bits per heavy atom. The van der Waals surface area contributed by atoms with Crippen molar-refractivity contribution >= 4 is 0 Å². The molecule has 0 aromatic heterocycles. The van der Waals surface area contributed by atoms with Crippen molar-refractivity contribution < 1.29 is 0 Å². The lowest BCUT2D eigenvalue weighted by molar-refractivity contribution is 0.0555. The number of rotatable bonds is 6. The third-order valence-electron chi connectivity index (χ3n) is 4.76. The molecule has 0 saturated heterocycles. The Morgan fingerprint density at radius 1 is 1.35 bits per heavy atom. The van der Waals surface area contributed by atoms with Gasteiger partial charge >= 0.3 is 0 Å². The van der Waals surface area contributed by atoms with Gasteiger partial charge in [-0.2, -0.15) is 0 Å². The molecule has 0 aromatic carbocycles. The Hall–Kier alpha value is -0.0800. The highest BCUT2D eigenvalue weighted by Crippen LogP contribution is 2.35. The zero-order valence-electron chi connectivity index (χ0n) is 12.3. The van der Waals surface area contributed by atoms with E-state index < -0.39 is 0 Å².